The predicted octanol–water partition coefficient (Wildman–Crippen LogP) is 1.31. The minimum absolute atomic E-state index is 0.0284. The highest BCUT2D eigenvalue weighted by Gasteiger charge is 2.27. The Morgan fingerprint density at radius 3 is 2.12 bits per heavy atom. The molecular formula is C23H35N5O4. The number of anilines is 2. The fraction of sp³-hybridized carbons (Fsp3) is 0.652. The number of ether oxygens (including phenoxy) is 2. The van der Waals surface area contributed by atoms with Gasteiger partial charge in [-0.25, -0.2) is 4.79 Å². The molecular weight excluding hydrogens is 410 g/mol. The van der Waals surface area contributed by atoms with Crippen molar-refractivity contribution in [1.29, 1.82) is 0 Å². The van der Waals surface area contributed by atoms with Crippen LogP contribution in [0, 0.1) is 0 Å². The largest absolute Gasteiger partial charge is 0.378 e. The highest BCUT2D eigenvalue weighted by atomic mass is 16.5. The van der Waals surface area contributed by atoms with Crippen molar-refractivity contribution in [2.45, 2.75) is 26.1 Å². The first-order chi connectivity index (χ1) is 15.5. The van der Waals surface area contributed by atoms with Gasteiger partial charge in [0.25, 0.3) is 0 Å². The molecule has 3 aliphatic heterocycles. The molecule has 1 aromatic carbocycles. The lowest BCUT2D eigenvalue weighted by atomic mass is 10.2. The number of carbonyl (C=O) groups is 2. The molecule has 0 spiro atoms. The third kappa shape index (κ3) is 5.90. The summed E-state index contributed by atoms with van der Waals surface area (Å²) in [6.07, 6.45) is 0.422. The molecule has 1 N–H and O–H groups in total. The summed E-state index contributed by atoms with van der Waals surface area (Å²) in [6, 6.07) is 8.10. The van der Waals surface area contributed by atoms with Crippen molar-refractivity contribution in [1.82, 2.24) is 14.7 Å². The second-order valence-electron chi connectivity index (χ2n) is 8.90. The molecule has 0 radical (unpaired) electrons. The first-order valence-corrected chi connectivity index (χ1v) is 11.6. The Labute approximate surface area is 190 Å². The Morgan fingerprint density at radius 2 is 1.50 bits per heavy atom. The Kier molecular flexibility index (Phi) is 7.49. The van der Waals surface area contributed by atoms with Gasteiger partial charge < -0.3 is 29.5 Å². The summed E-state index contributed by atoms with van der Waals surface area (Å²) in [5.74, 6) is -0.0284. The Balaban J connectivity index is 1.21. The highest BCUT2D eigenvalue weighted by molar-refractivity contribution is 5.92. The molecule has 4 rings (SSSR count). The van der Waals surface area contributed by atoms with Crippen LogP contribution in [0.15, 0.2) is 24.3 Å². The molecule has 0 aliphatic carbocycles. The molecule has 0 saturated carbocycles. The van der Waals surface area contributed by atoms with Gasteiger partial charge in [0.15, 0.2) is 0 Å². The van der Waals surface area contributed by atoms with E-state index in [0.717, 1.165) is 24.5 Å². The molecule has 3 fully saturated rings. The summed E-state index contributed by atoms with van der Waals surface area (Å²) in [5.41, 5.74) is 1.94. The number of nitrogens with one attached hydrogen (secondary N) is 1. The van der Waals surface area contributed by atoms with Crippen LogP contribution in [0.1, 0.15) is 13.8 Å². The van der Waals surface area contributed by atoms with Crippen LogP contribution in [-0.4, -0.2) is 111 Å². The van der Waals surface area contributed by atoms with Gasteiger partial charge >= 0.3 is 6.03 Å². The number of hydrogen-bond donors (Lipinski definition) is 1. The van der Waals surface area contributed by atoms with Gasteiger partial charge in [-0.15, -0.1) is 0 Å². The number of benzene rings is 1. The van der Waals surface area contributed by atoms with E-state index in [4.69, 9.17) is 9.47 Å². The lowest BCUT2D eigenvalue weighted by Crippen LogP contribution is -2.55. The lowest BCUT2D eigenvalue weighted by molar-refractivity contribution is -0.117. The molecule has 176 valence electrons. The summed E-state index contributed by atoms with van der Waals surface area (Å²) in [6.45, 7) is 11.5. The zero-order valence-corrected chi connectivity index (χ0v) is 19.2. The van der Waals surface area contributed by atoms with E-state index in [1.807, 2.05) is 21.9 Å². The average molecular weight is 446 g/mol. The van der Waals surface area contributed by atoms with Crippen molar-refractivity contribution in [3.8, 4) is 0 Å². The quantitative estimate of drug-likeness (QED) is 0.753. The summed E-state index contributed by atoms with van der Waals surface area (Å²) in [5, 5.41) is 3.00. The summed E-state index contributed by atoms with van der Waals surface area (Å²) >= 11 is 0. The fourth-order valence-corrected chi connectivity index (χ4v) is 4.60. The smallest absolute Gasteiger partial charge is 0.320 e. The van der Waals surface area contributed by atoms with E-state index in [-0.39, 0.29) is 24.1 Å². The Bertz CT molecular complexity index is 765. The lowest BCUT2D eigenvalue weighted by Gasteiger charge is -2.38. The molecule has 3 aliphatic rings. The first kappa shape index (κ1) is 22.8. The van der Waals surface area contributed by atoms with E-state index >= 15 is 0 Å². The maximum atomic E-state index is 12.6. The number of amides is 3. The predicted molar refractivity (Wildman–Crippen MR) is 123 cm³/mol. The van der Waals surface area contributed by atoms with E-state index in [9.17, 15) is 9.59 Å². The number of urea groups is 1. The van der Waals surface area contributed by atoms with Gasteiger partial charge in [-0.1, -0.05) is 0 Å². The van der Waals surface area contributed by atoms with Gasteiger partial charge in [-0.2, -0.15) is 0 Å². The van der Waals surface area contributed by atoms with E-state index in [1.54, 1.807) is 0 Å². The minimum Gasteiger partial charge on any atom is -0.378 e. The number of morpholine rings is 2. The molecule has 3 saturated heterocycles. The van der Waals surface area contributed by atoms with Gasteiger partial charge in [0.05, 0.1) is 32.0 Å². The number of hydrogen-bond acceptors (Lipinski definition) is 6. The van der Waals surface area contributed by atoms with E-state index in [0.29, 0.717) is 59.0 Å². The SMILES string of the molecule is CC1CN(c2ccc(NC(=O)CN3CCN(C(=O)N4CCOCC4)CC3)cc2)CC(C)O1. The van der Waals surface area contributed by atoms with E-state index < -0.39 is 0 Å². The van der Waals surface area contributed by atoms with Crippen LogP contribution >= 0.6 is 0 Å². The first-order valence-electron chi connectivity index (χ1n) is 11.6. The third-order valence-corrected chi connectivity index (χ3v) is 6.23. The van der Waals surface area contributed by atoms with Crippen LogP contribution in [-0.2, 0) is 14.3 Å². The monoisotopic (exact) mass is 445 g/mol. The number of piperazine rings is 1. The maximum absolute atomic E-state index is 12.6. The van der Waals surface area contributed by atoms with Gasteiger partial charge in [-0.05, 0) is 38.1 Å². The number of nitrogens with zero attached hydrogens (tertiary/aromatic N) is 4. The van der Waals surface area contributed by atoms with Crippen LogP contribution in [0.5, 0.6) is 0 Å². The molecule has 9 nitrogen and oxygen atoms in total. The molecule has 3 heterocycles. The van der Waals surface area contributed by atoms with Gasteiger partial charge in [0, 0.05) is 63.7 Å². The second kappa shape index (κ2) is 10.5. The Morgan fingerprint density at radius 1 is 0.906 bits per heavy atom. The summed E-state index contributed by atoms with van der Waals surface area (Å²) in [7, 11) is 0. The molecule has 32 heavy (non-hydrogen) atoms. The van der Waals surface area contributed by atoms with Crippen LogP contribution in [0.25, 0.3) is 0 Å². The van der Waals surface area contributed by atoms with Gasteiger partial charge in [-0.3, -0.25) is 9.69 Å². The van der Waals surface area contributed by atoms with Crippen LogP contribution in [0.2, 0.25) is 0 Å². The number of rotatable bonds is 4. The van der Waals surface area contributed by atoms with Crippen molar-refractivity contribution in [2.75, 3.05) is 82.3 Å². The molecule has 3 amide bonds. The van der Waals surface area contributed by atoms with Crippen molar-refractivity contribution in [2.24, 2.45) is 0 Å². The van der Waals surface area contributed by atoms with Crippen molar-refractivity contribution >= 4 is 23.3 Å². The van der Waals surface area contributed by atoms with Gasteiger partial charge in [0.2, 0.25) is 5.91 Å². The zero-order chi connectivity index (χ0) is 22.5. The molecule has 1 aromatic rings. The molecule has 2 atom stereocenters. The molecule has 0 bridgehead atoms. The second-order valence-corrected chi connectivity index (χ2v) is 8.90. The van der Waals surface area contributed by atoms with E-state index in [1.165, 1.54) is 0 Å². The Hall–Kier alpha value is -2.36. The normalized spacial score (nSPS) is 25.0. The molecule has 0 aromatic heterocycles. The summed E-state index contributed by atoms with van der Waals surface area (Å²) < 4.78 is 11.1. The topological polar surface area (TPSA) is 77.6 Å². The van der Waals surface area contributed by atoms with Crippen molar-refractivity contribution in [3.05, 3.63) is 24.3 Å². The standard InChI is InChI=1S/C23H35N5O4/c1-18-15-28(16-19(2)32-18)21-5-3-20(4-6-21)24-22(29)17-25-7-9-26(10-8-25)23(30)27-11-13-31-14-12-27/h3-6,18-19H,7-17H2,1-2H3,(H,24,29). The van der Waals surface area contributed by atoms with Crippen LogP contribution < -0.4 is 10.2 Å². The van der Waals surface area contributed by atoms with Gasteiger partial charge in [0.1, 0.15) is 0 Å². The van der Waals surface area contributed by atoms with Crippen LogP contribution in [0.3, 0.4) is 0 Å². The number of carbonyl (C=O) groups excluding carboxylic acids is 2. The highest BCUT2D eigenvalue weighted by Crippen LogP contribution is 2.22. The molecule has 9 heteroatoms. The maximum Gasteiger partial charge on any atom is 0.320 e. The minimum atomic E-state index is -0.0284. The average Bonchev–Trinajstić information content (AvgIpc) is 2.79. The van der Waals surface area contributed by atoms with Crippen molar-refractivity contribution < 1.29 is 19.1 Å². The summed E-state index contributed by atoms with van der Waals surface area (Å²) in [4.78, 5) is 33.3. The van der Waals surface area contributed by atoms with E-state index in [2.05, 4.69) is 41.1 Å². The van der Waals surface area contributed by atoms with Crippen LogP contribution in [0.4, 0.5) is 16.2 Å². The fourth-order valence-electron chi connectivity index (χ4n) is 4.60. The third-order valence-electron chi connectivity index (χ3n) is 6.23. The molecule has 2 unspecified atom stereocenters. The zero-order valence-electron chi connectivity index (χ0n) is 19.2. The van der Waals surface area contributed by atoms with Crippen molar-refractivity contribution in [3.63, 3.8) is 0 Å².